The van der Waals surface area contributed by atoms with Crippen LogP contribution in [0.3, 0.4) is 0 Å². The van der Waals surface area contributed by atoms with E-state index < -0.39 is 0 Å². The van der Waals surface area contributed by atoms with Crippen LogP contribution in [-0.2, 0) is 0 Å². The number of halogens is 3. The average molecular weight is 413 g/mol. The Balaban J connectivity index is 0.00000182. The number of aromatic amines is 1. The molecule has 0 saturated heterocycles. The van der Waals surface area contributed by atoms with Crippen molar-refractivity contribution >= 4 is 16.8 Å². The van der Waals surface area contributed by atoms with Crippen LogP contribution in [0.5, 0.6) is 0 Å². The number of fused-ring (bicyclic) bond motifs is 1. The summed E-state index contributed by atoms with van der Waals surface area (Å²) in [4.78, 5) is 15.4. The third-order valence-electron chi connectivity index (χ3n) is 4.21. The second-order valence-electron chi connectivity index (χ2n) is 6.21. The molecule has 3 aromatic rings. The molecule has 0 aliphatic carbocycles. The summed E-state index contributed by atoms with van der Waals surface area (Å²) in [6.45, 7) is 1.34. The van der Waals surface area contributed by atoms with Crippen LogP contribution in [0.15, 0.2) is 48.5 Å². The molecule has 1 aromatic heterocycles. The molecule has 27 heavy (non-hydrogen) atoms. The smallest absolute Gasteiger partial charge is 0.267 e. The van der Waals surface area contributed by atoms with Gasteiger partial charge in [-0.1, -0.05) is 24.3 Å². The summed E-state index contributed by atoms with van der Waals surface area (Å²) in [5.74, 6) is -0.400. The summed E-state index contributed by atoms with van der Waals surface area (Å²) < 4.78 is 13.1. The number of benzene rings is 2. The van der Waals surface area contributed by atoms with E-state index in [4.69, 9.17) is 0 Å². The lowest BCUT2D eigenvalue weighted by atomic mass is 10.0. The molecule has 8 N–H and O–H groups in total. The van der Waals surface area contributed by atoms with E-state index in [-0.39, 0.29) is 42.6 Å². The number of rotatable bonds is 6. The second kappa shape index (κ2) is 10.3. The van der Waals surface area contributed by atoms with Gasteiger partial charge in [-0.05, 0) is 35.4 Å². The van der Waals surface area contributed by atoms with Crippen LogP contribution in [0.1, 0.15) is 16.9 Å². The van der Waals surface area contributed by atoms with E-state index >= 15 is 0 Å². The Hall–Kier alpha value is -2.12. The fourth-order valence-electron chi connectivity index (χ4n) is 2.79. The second-order valence-corrected chi connectivity index (χ2v) is 6.21. The van der Waals surface area contributed by atoms with Gasteiger partial charge in [-0.15, -0.1) is 0 Å². The minimum absolute atomic E-state index is 0. The van der Waals surface area contributed by atoms with E-state index in [9.17, 15) is 9.18 Å². The number of H-pyrrole nitrogens is 1. The highest BCUT2D eigenvalue weighted by molar-refractivity contribution is 5.98. The van der Waals surface area contributed by atoms with E-state index in [1.54, 1.807) is 12.1 Å². The number of nitrogens with one attached hydrogen (secondary N) is 2. The van der Waals surface area contributed by atoms with Crippen LogP contribution in [0.2, 0.25) is 0 Å². The largest absolute Gasteiger partial charge is 1.00 e. The molecule has 0 bridgehead atoms. The number of hydrogen-bond acceptors (Lipinski definition) is 1. The topological polar surface area (TPSA) is 100 Å². The van der Waals surface area contributed by atoms with Gasteiger partial charge >= 0.3 is 0 Å². The zero-order valence-electron chi connectivity index (χ0n) is 14.8. The van der Waals surface area contributed by atoms with Crippen LogP contribution in [0.4, 0.5) is 4.39 Å². The van der Waals surface area contributed by atoms with Gasteiger partial charge in [-0.3, -0.25) is 4.79 Å². The third-order valence-corrected chi connectivity index (χ3v) is 4.21. The predicted molar refractivity (Wildman–Crippen MR) is 95.1 cm³/mol. The molecule has 1 heterocycles. The van der Waals surface area contributed by atoms with Crippen LogP contribution >= 0.6 is 0 Å². The fourth-order valence-corrected chi connectivity index (χ4v) is 2.79. The molecule has 1 atom stereocenters. The van der Waals surface area contributed by atoms with Gasteiger partial charge in [0.15, 0.2) is 0 Å². The average Bonchev–Trinajstić information content (AvgIpc) is 3.04. The highest BCUT2D eigenvalue weighted by Gasteiger charge is 2.13. The molecular formula is C19H23Cl2FN4O. The quantitative estimate of drug-likeness (QED) is 0.320. The number of carbonyl (C=O) groups is 1. The summed E-state index contributed by atoms with van der Waals surface area (Å²) in [6.07, 6.45) is 0.883. The van der Waals surface area contributed by atoms with Crippen molar-refractivity contribution in [2.45, 2.75) is 12.5 Å². The van der Waals surface area contributed by atoms with Crippen molar-refractivity contribution < 1.29 is 45.5 Å². The van der Waals surface area contributed by atoms with Gasteiger partial charge in [-0.2, -0.15) is 0 Å². The van der Waals surface area contributed by atoms with Gasteiger partial charge in [0, 0.05) is 10.9 Å². The van der Waals surface area contributed by atoms with E-state index in [0.717, 1.165) is 35.0 Å². The first kappa shape index (κ1) is 22.9. The van der Waals surface area contributed by atoms with Gasteiger partial charge in [0.2, 0.25) is 0 Å². The maximum Gasteiger partial charge on any atom is 0.267 e. The Kier molecular flexibility index (Phi) is 8.72. The lowest BCUT2D eigenvalue weighted by Gasteiger charge is -2.07. The maximum absolute atomic E-state index is 13.1. The van der Waals surface area contributed by atoms with Gasteiger partial charge in [0.05, 0.1) is 19.5 Å². The van der Waals surface area contributed by atoms with Gasteiger partial charge < -0.3 is 46.6 Å². The molecule has 1 amide bonds. The Bertz CT molecular complexity index is 883. The standard InChI is InChI=1S/C19H21FN4O.2ClH/c20-15-5-3-12(4-6-15)13-1-2-14-10-18(24-17(14)9-13)19(25)23-11-16(22)7-8-21;;/h1-6,9-10,16,24H,7-8,11,21-22H2,(H,23,25);2*1H/t16-;;/m0../s1. The molecule has 0 unspecified atom stereocenters. The SMILES string of the molecule is [Cl-].[Cl-].[NH3+]CC[C@H]([NH3+])CNC(=O)c1cc2ccc(-c3ccc(F)cc3)cc2[nH]1. The molecule has 0 aliphatic heterocycles. The van der Waals surface area contributed by atoms with Crippen molar-refractivity contribution in [1.29, 1.82) is 0 Å². The Morgan fingerprint density at radius 3 is 2.41 bits per heavy atom. The number of quaternary nitrogens is 2. The van der Waals surface area contributed by atoms with E-state index in [2.05, 4.69) is 21.8 Å². The van der Waals surface area contributed by atoms with Crippen LogP contribution in [-0.4, -0.2) is 30.0 Å². The first-order valence-corrected chi connectivity index (χ1v) is 8.36. The summed E-state index contributed by atoms with van der Waals surface area (Å²) >= 11 is 0. The van der Waals surface area contributed by atoms with E-state index in [1.165, 1.54) is 12.1 Å². The zero-order chi connectivity index (χ0) is 17.8. The van der Waals surface area contributed by atoms with Crippen molar-refractivity contribution in [3.63, 3.8) is 0 Å². The first-order valence-electron chi connectivity index (χ1n) is 8.36. The van der Waals surface area contributed by atoms with E-state index in [0.29, 0.717) is 12.2 Å². The normalized spacial score (nSPS) is 11.4. The van der Waals surface area contributed by atoms with E-state index in [1.807, 2.05) is 24.3 Å². The molecule has 5 nitrogen and oxygen atoms in total. The van der Waals surface area contributed by atoms with Crippen molar-refractivity contribution in [2.75, 3.05) is 13.1 Å². The summed E-state index contributed by atoms with van der Waals surface area (Å²) in [7, 11) is 0. The van der Waals surface area contributed by atoms with Crippen molar-refractivity contribution in [1.82, 2.24) is 10.3 Å². The number of amides is 1. The molecule has 8 heteroatoms. The van der Waals surface area contributed by atoms with Crippen molar-refractivity contribution in [2.24, 2.45) is 0 Å². The predicted octanol–water partition coefficient (Wildman–Crippen LogP) is -5.05. The highest BCUT2D eigenvalue weighted by Crippen LogP contribution is 2.25. The van der Waals surface area contributed by atoms with Crippen molar-refractivity contribution in [3.8, 4) is 11.1 Å². The molecule has 0 aliphatic rings. The lowest BCUT2D eigenvalue weighted by molar-refractivity contribution is -0.439. The third kappa shape index (κ3) is 5.68. The fraction of sp³-hybridized carbons (Fsp3) is 0.211. The molecule has 0 spiro atoms. The molecule has 0 saturated carbocycles. The minimum atomic E-state index is -0.258. The summed E-state index contributed by atoms with van der Waals surface area (Å²) in [5, 5.41) is 3.85. The lowest BCUT2D eigenvalue weighted by Crippen LogP contribution is -3.00. The Morgan fingerprint density at radius 1 is 1.07 bits per heavy atom. The number of carbonyl (C=O) groups excluding carboxylic acids is 1. The van der Waals surface area contributed by atoms with Gasteiger partial charge in [-0.25, -0.2) is 4.39 Å². The van der Waals surface area contributed by atoms with Crippen LogP contribution in [0.25, 0.3) is 22.0 Å². The zero-order valence-corrected chi connectivity index (χ0v) is 16.3. The minimum Gasteiger partial charge on any atom is -1.00 e. The summed E-state index contributed by atoms with van der Waals surface area (Å²) in [5.41, 5.74) is 11.1. The molecule has 3 rings (SSSR count). The number of hydrogen-bond donors (Lipinski definition) is 4. The Morgan fingerprint density at radius 2 is 1.74 bits per heavy atom. The monoisotopic (exact) mass is 412 g/mol. The summed E-state index contributed by atoms with van der Waals surface area (Å²) in [6, 6.07) is 14.2. The Labute approximate surface area is 169 Å². The van der Waals surface area contributed by atoms with Gasteiger partial charge in [0.1, 0.15) is 17.6 Å². The highest BCUT2D eigenvalue weighted by atomic mass is 35.5. The maximum atomic E-state index is 13.1. The van der Waals surface area contributed by atoms with Crippen LogP contribution < -0.4 is 41.6 Å². The van der Waals surface area contributed by atoms with Crippen LogP contribution in [0, 0.1) is 5.82 Å². The van der Waals surface area contributed by atoms with Gasteiger partial charge in [0.25, 0.3) is 5.91 Å². The molecular weight excluding hydrogens is 390 g/mol. The van der Waals surface area contributed by atoms with Crippen molar-refractivity contribution in [3.05, 3.63) is 60.0 Å². The molecule has 2 aromatic carbocycles. The molecule has 0 radical (unpaired) electrons. The number of aromatic nitrogens is 1. The molecule has 0 fully saturated rings. The first-order chi connectivity index (χ1) is 12.1. The molecule has 146 valence electrons.